The average molecular weight is 350 g/mol. The van der Waals surface area contributed by atoms with Gasteiger partial charge in [-0.25, -0.2) is 4.79 Å². The summed E-state index contributed by atoms with van der Waals surface area (Å²) in [5, 5.41) is 3.21. The number of carbonyl (C=O) groups excluding carboxylic acids is 2. The summed E-state index contributed by atoms with van der Waals surface area (Å²) in [6.45, 7) is 3.85. The molecule has 0 fully saturated rings. The molecule has 0 aliphatic heterocycles. The molecular weight excluding hydrogens is 332 g/mol. The Bertz CT molecular complexity index is 1040. The lowest BCUT2D eigenvalue weighted by Crippen LogP contribution is -2.13. The Kier molecular flexibility index (Phi) is 4.84. The summed E-state index contributed by atoms with van der Waals surface area (Å²) in [6.07, 6.45) is 0. The van der Waals surface area contributed by atoms with Crippen molar-refractivity contribution >= 4 is 28.5 Å². The highest BCUT2D eigenvalue weighted by atomic mass is 16.5. The first-order valence-electron chi connectivity index (χ1n) is 8.20. The van der Waals surface area contributed by atoms with Gasteiger partial charge >= 0.3 is 5.97 Å². The summed E-state index contributed by atoms with van der Waals surface area (Å²) in [5.41, 5.74) is 2.65. The van der Waals surface area contributed by atoms with Gasteiger partial charge in [0.1, 0.15) is 0 Å². The van der Waals surface area contributed by atoms with Gasteiger partial charge in [0.15, 0.2) is 5.43 Å². The molecule has 2 N–H and O–H groups in total. The molecule has 1 heterocycles. The number of aryl methyl sites for hydroxylation is 1. The van der Waals surface area contributed by atoms with Gasteiger partial charge in [0.2, 0.25) is 0 Å². The number of H-pyrrole nitrogens is 1. The Hall–Kier alpha value is -3.41. The fourth-order valence-corrected chi connectivity index (χ4v) is 2.63. The number of pyridine rings is 1. The number of amides is 1. The van der Waals surface area contributed by atoms with Gasteiger partial charge in [0, 0.05) is 33.9 Å². The van der Waals surface area contributed by atoms with E-state index < -0.39 is 5.97 Å². The molecule has 0 unspecified atom stereocenters. The lowest BCUT2D eigenvalue weighted by atomic mass is 10.1. The van der Waals surface area contributed by atoms with E-state index in [4.69, 9.17) is 4.74 Å². The number of aromatic nitrogens is 1. The first-order valence-corrected chi connectivity index (χ1v) is 8.20. The maximum absolute atomic E-state index is 12.4. The minimum absolute atomic E-state index is 0.135. The number of fused-ring (bicyclic) bond motifs is 1. The van der Waals surface area contributed by atoms with Crippen LogP contribution in [0.2, 0.25) is 0 Å². The zero-order valence-corrected chi connectivity index (χ0v) is 14.5. The number of esters is 1. The van der Waals surface area contributed by atoms with Crippen molar-refractivity contribution in [3.05, 3.63) is 75.6 Å². The highest BCUT2D eigenvalue weighted by Crippen LogP contribution is 2.15. The number of benzene rings is 2. The van der Waals surface area contributed by atoms with Gasteiger partial charge in [-0.15, -0.1) is 0 Å². The Morgan fingerprint density at radius 2 is 1.73 bits per heavy atom. The maximum Gasteiger partial charge on any atom is 0.338 e. The van der Waals surface area contributed by atoms with E-state index >= 15 is 0 Å². The molecule has 0 radical (unpaired) electrons. The third-order valence-corrected chi connectivity index (χ3v) is 3.88. The molecule has 0 saturated heterocycles. The molecule has 0 spiro atoms. The van der Waals surface area contributed by atoms with E-state index in [1.807, 2.05) is 0 Å². The van der Waals surface area contributed by atoms with Gasteiger partial charge < -0.3 is 15.0 Å². The van der Waals surface area contributed by atoms with Crippen molar-refractivity contribution < 1.29 is 14.3 Å². The number of carbonyl (C=O) groups is 2. The first kappa shape index (κ1) is 17.4. The normalized spacial score (nSPS) is 10.5. The third kappa shape index (κ3) is 3.64. The molecule has 0 aliphatic carbocycles. The second-order valence-electron chi connectivity index (χ2n) is 5.83. The summed E-state index contributed by atoms with van der Waals surface area (Å²) in [5.74, 6) is -0.745. The third-order valence-electron chi connectivity index (χ3n) is 3.88. The summed E-state index contributed by atoms with van der Waals surface area (Å²) in [6, 6.07) is 12.8. The van der Waals surface area contributed by atoms with E-state index in [-0.39, 0.29) is 11.3 Å². The summed E-state index contributed by atoms with van der Waals surface area (Å²) < 4.78 is 4.92. The van der Waals surface area contributed by atoms with Crippen LogP contribution in [0.25, 0.3) is 10.9 Å². The summed E-state index contributed by atoms with van der Waals surface area (Å²) in [7, 11) is 0. The molecule has 6 nitrogen and oxygen atoms in total. The Morgan fingerprint density at radius 3 is 2.42 bits per heavy atom. The average Bonchev–Trinajstić information content (AvgIpc) is 2.62. The molecule has 3 aromatic rings. The van der Waals surface area contributed by atoms with Crippen molar-refractivity contribution in [2.24, 2.45) is 0 Å². The van der Waals surface area contributed by atoms with Crippen molar-refractivity contribution in [3.8, 4) is 0 Å². The smallest absolute Gasteiger partial charge is 0.338 e. The number of hydrogen-bond donors (Lipinski definition) is 2. The van der Waals surface area contributed by atoms with Crippen molar-refractivity contribution in [1.82, 2.24) is 4.98 Å². The SMILES string of the molecule is CCOC(=O)c1ccc(NC(=O)c2ccc3[nH]c(C)cc(=O)c3c2)cc1. The first-order chi connectivity index (χ1) is 12.5. The largest absolute Gasteiger partial charge is 0.462 e. The Morgan fingerprint density at radius 1 is 1.04 bits per heavy atom. The molecule has 6 heteroatoms. The monoisotopic (exact) mass is 350 g/mol. The molecule has 0 aliphatic rings. The predicted molar refractivity (Wildman–Crippen MR) is 99.7 cm³/mol. The van der Waals surface area contributed by atoms with Gasteiger partial charge in [0.05, 0.1) is 12.2 Å². The lowest BCUT2D eigenvalue weighted by Gasteiger charge is -2.08. The van der Waals surface area contributed by atoms with E-state index in [0.717, 1.165) is 5.69 Å². The minimum atomic E-state index is -0.408. The number of anilines is 1. The van der Waals surface area contributed by atoms with Crippen molar-refractivity contribution in [3.63, 3.8) is 0 Å². The van der Waals surface area contributed by atoms with Crippen LogP contribution in [0, 0.1) is 6.92 Å². The van der Waals surface area contributed by atoms with Gasteiger partial charge in [-0.05, 0) is 56.3 Å². The van der Waals surface area contributed by atoms with Gasteiger partial charge in [-0.1, -0.05) is 0 Å². The van der Waals surface area contributed by atoms with Gasteiger partial charge in [-0.3, -0.25) is 9.59 Å². The van der Waals surface area contributed by atoms with Gasteiger partial charge in [-0.2, -0.15) is 0 Å². The fraction of sp³-hybridized carbons (Fsp3) is 0.150. The predicted octanol–water partition coefficient (Wildman–Crippen LogP) is 3.27. The second-order valence-corrected chi connectivity index (χ2v) is 5.83. The molecule has 2 aromatic carbocycles. The maximum atomic E-state index is 12.4. The second kappa shape index (κ2) is 7.23. The molecule has 132 valence electrons. The van der Waals surface area contributed by atoms with Crippen molar-refractivity contribution in [2.75, 3.05) is 11.9 Å². The molecule has 0 bridgehead atoms. The van der Waals surface area contributed by atoms with Crippen LogP contribution in [0.3, 0.4) is 0 Å². The molecule has 3 rings (SSSR count). The van der Waals surface area contributed by atoms with E-state index in [9.17, 15) is 14.4 Å². The quantitative estimate of drug-likeness (QED) is 0.707. The van der Waals surface area contributed by atoms with Crippen LogP contribution in [0.15, 0.2) is 53.3 Å². The van der Waals surface area contributed by atoms with E-state index in [1.165, 1.54) is 6.07 Å². The van der Waals surface area contributed by atoms with Crippen LogP contribution >= 0.6 is 0 Å². The topological polar surface area (TPSA) is 88.3 Å². The van der Waals surface area contributed by atoms with Gasteiger partial charge in [0.25, 0.3) is 5.91 Å². The number of rotatable bonds is 4. The van der Waals surface area contributed by atoms with Crippen LogP contribution in [0.5, 0.6) is 0 Å². The van der Waals surface area contributed by atoms with Crippen LogP contribution < -0.4 is 10.7 Å². The van der Waals surface area contributed by atoms with Crippen LogP contribution in [0.4, 0.5) is 5.69 Å². The van der Waals surface area contributed by atoms with Crippen LogP contribution in [-0.4, -0.2) is 23.5 Å². The molecule has 26 heavy (non-hydrogen) atoms. The number of aromatic amines is 1. The number of hydrogen-bond acceptors (Lipinski definition) is 4. The molecule has 0 saturated carbocycles. The van der Waals surface area contributed by atoms with E-state index in [0.29, 0.717) is 34.3 Å². The highest BCUT2D eigenvalue weighted by molar-refractivity contribution is 6.06. The zero-order chi connectivity index (χ0) is 18.7. The van der Waals surface area contributed by atoms with Crippen LogP contribution in [0.1, 0.15) is 33.3 Å². The van der Waals surface area contributed by atoms with E-state index in [2.05, 4.69) is 10.3 Å². The number of ether oxygens (including phenoxy) is 1. The highest BCUT2D eigenvalue weighted by Gasteiger charge is 2.10. The summed E-state index contributed by atoms with van der Waals surface area (Å²) >= 11 is 0. The minimum Gasteiger partial charge on any atom is -0.462 e. The summed E-state index contributed by atoms with van der Waals surface area (Å²) in [4.78, 5) is 39.3. The van der Waals surface area contributed by atoms with Crippen molar-refractivity contribution in [1.29, 1.82) is 0 Å². The molecule has 1 aromatic heterocycles. The Labute approximate surface area is 149 Å². The van der Waals surface area contributed by atoms with E-state index in [1.54, 1.807) is 56.3 Å². The fourth-order valence-electron chi connectivity index (χ4n) is 2.63. The molecule has 1 amide bonds. The Balaban J connectivity index is 1.81. The standard InChI is InChI=1S/C20H18N2O4/c1-3-26-20(25)13-4-7-15(8-5-13)22-19(24)14-6-9-17-16(11-14)18(23)10-12(2)21-17/h4-11H,3H2,1-2H3,(H,21,23)(H,22,24). The molecule has 0 atom stereocenters. The van der Waals surface area contributed by atoms with Crippen molar-refractivity contribution in [2.45, 2.75) is 13.8 Å². The van der Waals surface area contributed by atoms with Crippen LogP contribution in [-0.2, 0) is 4.74 Å². The molecular formula is C20H18N2O4. The number of nitrogens with one attached hydrogen (secondary N) is 2. The zero-order valence-electron chi connectivity index (χ0n) is 14.5. The lowest BCUT2D eigenvalue weighted by molar-refractivity contribution is 0.0526.